The molecule has 0 saturated heterocycles. The first-order valence-corrected chi connectivity index (χ1v) is 9.52. The Labute approximate surface area is 174 Å². The van der Waals surface area contributed by atoms with E-state index in [1.807, 2.05) is 24.3 Å². The fourth-order valence-corrected chi connectivity index (χ4v) is 3.32. The third kappa shape index (κ3) is 3.61. The van der Waals surface area contributed by atoms with Crippen LogP contribution >= 0.6 is 27.5 Å². The summed E-state index contributed by atoms with van der Waals surface area (Å²) in [5.74, 6) is 0.579. The fraction of sp³-hybridized carbons (Fsp3) is 0.0476. The van der Waals surface area contributed by atoms with Crippen LogP contribution in [0.1, 0.15) is 10.4 Å². The number of oxazole rings is 1. The second-order valence-corrected chi connectivity index (χ2v) is 7.30. The van der Waals surface area contributed by atoms with E-state index in [1.54, 1.807) is 36.4 Å². The summed E-state index contributed by atoms with van der Waals surface area (Å²) in [6, 6.07) is 17.9. The van der Waals surface area contributed by atoms with E-state index in [9.17, 15) is 4.79 Å². The molecule has 5 nitrogen and oxygen atoms in total. The molecule has 0 saturated carbocycles. The Morgan fingerprint density at radius 3 is 2.75 bits per heavy atom. The van der Waals surface area contributed by atoms with Crippen LogP contribution in [-0.4, -0.2) is 18.0 Å². The van der Waals surface area contributed by atoms with Gasteiger partial charge < -0.3 is 14.5 Å². The van der Waals surface area contributed by atoms with Crippen LogP contribution in [0, 0.1) is 0 Å². The van der Waals surface area contributed by atoms with Crippen LogP contribution in [0.25, 0.3) is 22.6 Å². The predicted molar refractivity (Wildman–Crippen MR) is 113 cm³/mol. The van der Waals surface area contributed by atoms with Gasteiger partial charge in [-0.1, -0.05) is 39.7 Å². The summed E-state index contributed by atoms with van der Waals surface area (Å²) in [5, 5.41) is 3.24. The lowest BCUT2D eigenvalue weighted by Gasteiger charge is -2.11. The van der Waals surface area contributed by atoms with E-state index < -0.39 is 0 Å². The van der Waals surface area contributed by atoms with Gasteiger partial charge in [0.05, 0.1) is 23.4 Å². The topological polar surface area (TPSA) is 64.4 Å². The van der Waals surface area contributed by atoms with Gasteiger partial charge in [-0.3, -0.25) is 4.79 Å². The lowest BCUT2D eigenvalue weighted by molar-refractivity contribution is 0.102. The molecule has 3 aromatic carbocycles. The number of hydrogen-bond donors (Lipinski definition) is 1. The highest BCUT2D eigenvalue weighted by Crippen LogP contribution is 2.31. The Bertz CT molecular complexity index is 1160. The van der Waals surface area contributed by atoms with Gasteiger partial charge in [-0.2, -0.15) is 0 Å². The third-order valence-corrected chi connectivity index (χ3v) is 4.98. The second kappa shape index (κ2) is 7.66. The number of carbonyl (C=O) groups excluding carboxylic acids is 1. The minimum atomic E-state index is -0.338. The molecule has 0 atom stereocenters. The normalized spacial score (nSPS) is 10.8. The molecule has 0 fully saturated rings. The van der Waals surface area contributed by atoms with Crippen LogP contribution in [0.2, 0.25) is 5.02 Å². The molecule has 0 spiro atoms. The number of ether oxygens (including phenoxy) is 1. The van der Waals surface area contributed by atoms with Crippen molar-refractivity contribution in [2.24, 2.45) is 0 Å². The maximum absolute atomic E-state index is 12.8. The van der Waals surface area contributed by atoms with Gasteiger partial charge in [-0.25, -0.2) is 4.98 Å². The largest absolute Gasteiger partial charge is 0.496 e. The molecule has 140 valence electrons. The van der Waals surface area contributed by atoms with E-state index >= 15 is 0 Å². The number of rotatable bonds is 4. The lowest BCUT2D eigenvalue weighted by Crippen LogP contribution is -2.13. The van der Waals surface area contributed by atoms with E-state index in [2.05, 4.69) is 26.2 Å². The van der Waals surface area contributed by atoms with Crippen LogP contribution in [0.3, 0.4) is 0 Å². The van der Waals surface area contributed by atoms with Gasteiger partial charge in [-0.05, 0) is 48.5 Å². The number of carbonyl (C=O) groups is 1. The highest BCUT2D eigenvalue weighted by Gasteiger charge is 2.16. The van der Waals surface area contributed by atoms with Crippen LogP contribution < -0.4 is 10.1 Å². The molecular formula is C21H14BrClN2O3. The molecule has 4 aromatic rings. The zero-order valence-electron chi connectivity index (χ0n) is 14.7. The number of aromatic nitrogens is 1. The van der Waals surface area contributed by atoms with Crippen molar-refractivity contribution < 1.29 is 13.9 Å². The molecule has 28 heavy (non-hydrogen) atoms. The number of amides is 1. The minimum Gasteiger partial charge on any atom is -0.496 e. The zero-order valence-corrected chi connectivity index (χ0v) is 17.0. The first kappa shape index (κ1) is 18.5. The molecular weight excluding hydrogens is 444 g/mol. The number of para-hydroxylation sites is 2. The number of nitrogens with one attached hydrogen (secondary N) is 1. The van der Waals surface area contributed by atoms with Crippen molar-refractivity contribution in [1.82, 2.24) is 4.98 Å². The Balaban J connectivity index is 1.68. The Hall–Kier alpha value is -2.83. The molecule has 0 aliphatic heterocycles. The maximum atomic E-state index is 12.8. The molecule has 1 heterocycles. The van der Waals surface area contributed by atoms with E-state index in [0.717, 1.165) is 9.99 Å². The Morgan fingerprint density at radius 1 is 1.14 bits per heavy atom. The lowest BCUT2D eigenvalue weighted by atomic mass is 10.1. The van der Waals surface area contributed by atoms with Gasteiger partial charge in [-0.15, -0.1) is 0 Å². The quantitative estimate of drug-likeness (QED) is 0.398. The van der Waals surface area contributed by atoms with Crippen molar-refractivity contribution in [3.63, 3.8) is 0 Å². The molecule has 7 heteroatoms. The van der Waals surface area contributed by atoms with Crippen molar-refractivity contribution in [1.29, 1.82) is 0 Å². The molecule has 0 aliphatic carbocycles. The van der Waals surface area contributed by atoms with E-state index in [1.165, 1.54) is 7.11 Å². The first-order chi connectivity index (χ1) is 13.5. The minimum absolute atomic E-state index is 0.338. The summed E-state index contributed by atoms with van der Waals surface area (Å²) >= 11 is 9.66. The van der Waals surface area contributed by atoms with Crippen LogP contribution in [0.5, 0.6) is 5.75 Å². The summed E-state index contributed by atoms with van der Waals surface area (Å²) in [6.45, 7) is 0. The third-order valence-electron chi connectivity index (χ3n) is 4.16. The number of hydrogen-bond acceptors (Lipinski definition) is 4. The standard InChI is InChI=1S/C21H14BrClN2O3/c1-27-18-9-7-13(22)11-14(18)20(26)24-17-10-12(6-8-15(17)23)21-25-16-4-2-3-5-19(16)28-21/h2-11H,1H3,(H,24,26). The zero-order chi connectivity index (χ0) is 19.7. The molecule has 1 aromatic heterocycles. The summed E-state index contributed by atoms with van der Waals surface area (Å²) in [7, 11) is 1.51. The van der Waals surface area contributed by atoms with Crippen molar-refractivity contribution in [2.45, 2.75) is 0 Å². The van der Waals surface area contributed by atoms with Gasteiger partial charge in [0.15, 0.2) is 5.58 Å². The van der Waals surface area contributed by atoms with Crippen LogP contribution in [0.4, 0.5) is 5.69 Å². The highest BCUT2D eigenvalue weighted by atomic mass is 79.9. The molecule has 1 N–H and O–H groups in total. The van der Waals surface area contributed by atoms with Gasteiger partial charge in [0.25, 0.3) is 5.91 Å². The summed E-state index contributed by atoms with van der Waals surface area (Å²) in [4.78, 5) is 17.3. The van der Waals surface area contributed by atoms with Gasteiger partial charge in [0.1, 0.15) is 11.3 Å². The molecule has 0 unspecified atom stereocenters. The van der Waals surface area contributed by atoms with Crippen LogP contribution in [-0.2, 0) is 0 Å². The smallest absolute Gasteiger partial charge is 0.259 e. The fourth-order valence-electron chi connectivity index (χ4n) is 2.80. The van der Waals surface area contributed by atoms with Crippen molar-refractivity contribution in [3.8, 4) is 17.2 Å². The van der Waals surface area contributed by atoms with Gasteiger partial charge in [0.2, 0.25) is 5.89 Å². The second-order valence-electron chi connectivity index (χ2n) is 5.98. The Kier molecular flexibility index (Phi) is 5.07. The number of benzene rings is 3. The monoisotopic (exact) mass is 456 g/mol. The van der Waals surface area contributed by atoms with Gasteiger partial charge in [0, 0.05) is 10.0 Å². The van der Waals surface area contributed by atoms with Gasteiger partial charge >= 0.3 is 0 Å². The average molecular weight is 458 g/mol. The number of anilines is 1. The number of nitrogens with zero attached hydrogens (tertiary/aromatic N) is 1. The van der Waals surface area contributed by atoms with E-state index in [0.29, 0.717) is 39.1 Å². The first-order valence-electron chi connectivity index (χ1n) is 8.35. The number of fused-ring (bicyclic) bond motifs is 1. The van der Waals surface area contributed by atoms with Crippen molar-refractivity contribution in [3.05, 3.63) is 75.7 Å². The molecule has 0 bridgehead atoms. The van der Waals surface area contributed by atoms with Crippen molar-refractivity contribution >= 4 is 50.2 Å². The SMILES string of the molecule is COc1ccc(Br)cc1C(=O)Nc1cc(-c2nc3ccccc3o2)ccc1Cl. The maximum Gasteiger partial charge on any atom is 0.259 e. The van der Waals surface area contributed by atoms with Crippen LogP contribution in [0.15, 0.2) is 69.6 Å². The van der Waals surface area contributed by atoms with E-state index in [-0.39, 0.29) is 5.91 Å². The summed E-state index contributed by atoms with van der Waals surface area (Å²) < 4.78 is 11.8. The summed E-state index contributed by atoms with van der Waals surface area (Å²) in [5.41, 5.74) is 3.00. The highest BCUT2D eigenvalue weighted by molar-refractivity contribution is 9.10. The summed E-state index contributed by atoms with van der Waals surface area (Å²) in [6.07, 6.45) is 0. The van der Waals surface area contributed by atoms with Crippen molar-refractivity contribution in [2.75, 3.05) is 12.4 Å². The predicted octanol–water partition coefficient (Wildman–Crippen LogP) is 6.17. The Morgan fingerprint density at radius 2 is 1.96 bits per heavy atom. The molecule has 1 amide bonds. The molecule has 0 aliphatic rings. The number of methoxy groups -OCH3 is 1. The number of halogens is 2. The van der Waals surface area contributed by atoms with E-state index in [4.69, 9.17) is 20.8 Å². The molecule has 0 radical (unpaired) electrons. The molecule has 4 rings (SSSR count). The average Bonchev–Trinajstić information content (AvgIpc) is 3.13.